The molecule has 0 bridgehead atoms. The molecule has 2 saturated heterocycles. The molecule has 0 radical (unpaired) electrons. The summed E-state index contributed by atoms with van der Waals surface area (Å²) in [4.78, 5) is 2.43. The molecular weight excluding hydrogens is 166 g/mol. The van der Waals surface area contributed by atoms with Crippen LogP contribution in [0, 0.1) is 5.92 Å². The fourth-order valence-corrected chi connectivity index (χ4v) is 2.40. The number of aliphatic hydroxyl groups excluding tert-OH is 1. The van der Waals surface area contributed by atoms with Crippen LogP contribution in [-0.4, -0.2) is 49.0 Å². The number of hydrogen-bond acceptors (Lipinski definition) is 3. The monoisotopic (exact) mass is 185 g/mol. The van der Waals surface area contributed by atoms with Crippen LogP contribution in [0.3, 0.4) is 0 Å². The molecule has 13 heavy (non-hydrogen) atoms. The number of aliphatic hydroxyl groups is 1. The lowest BCUT2D eigenvalue weighted by atomic mass is 10.1. The van der Waals surface area contributed by atoms with Crippen LogP contribution in [0.1, 0.15) is 19.3 Å². The van der Waals surface area contributed by atoms with Crippen molar-refractivity contribution in [3.8, 4) is 0 Å². The summed E-state index contributed by atoms with van der Waals surface area (Å²) in [7, 11) is 0. The Morgan fingerprint density at radius 2 is 2.31 bits per heavy atom. The van der Waals surface area contributed by atoms with Crippen molar-refractivity contribution in [3.63, 3.8) is 0 Å². The lowest BCUT2D eigenvalue weighted by Crippen LogP contribution is -2.36. The Hall–Kier alpha value is -0.120. The van der Waals surface area contributed by atoms with Gasteiger partial charge in [-0.2, -0.15) is 0 Å². The zero-order chi connectivity index (χ0) is 9.10. The molecule has 0 aromatic rings. The van der Waals surface area contributed by atoms with Crippen molar-refractivity contribution < 1.29 is 9.84 Å². The molecule has 2 aliphatic rings. The highest BCUT2D eigenvalue weighted by atomic mass is 16.5. The molecule has 2 rings (SSSR count). The van der Waals surface area contributed by atoms with Crippen molar-refractivity contribution in [2.45, 2.75) is 25.3 Å². The molecule has 2 atom stereocenters. The van der Waals surface area contributed by atoms with E-state index in [0.29, 0.717) is 18.6 Å². The van der Waals surface area contributed by atoms with Gasteiger partial charge in [-0.15, -0.1) is 0 Å². The Morgan fingerprint density at radius 3 is 3.00 bits per heavy atom. The summed E-state index contributed by atoms with van der Waals surface area (Å²) in [5, 5.41) is 9.14. The Kier molecular flexibility index (Phi) is 3.19. The Balaban J connectivity index is 1.79. The topological polar surface area (TPSA) is 32.7 Å². The van der Waals surface area contributed by atoms with Crippen molar-refractivity contribution in [1.82, 2.24) is 4.90 Å². The van der Waals surface area contributed by atoms with Crippen molar-refractivity contribution in [3.05, 3.63) is 0 Å². The van der Waals surface area contributed by atoms with Crippen LogP contribution in [0.4, 0.5) is 0 Å². The van der Waals surface area contributed by atoms with Gasteiger partial charge in [0.1, 0.15) is 0 Å². The number of rotatable bonds is 3. The molecule has 2 unspecified atom stereocenters. The molecule has 2 fully saturated rings. The summed E-state index contributed by atoms with van der Waals surface area (Å²) >= 11 is 0. The molecule has 1 N–H and O–H groups in total. The molecular formula is C10H19NO2. The largest absolute Gasteiger partial charge is 0.395 e. The summed E-state index contributed by atoms with van der Waals surface area (Å²) in [6.45, 7) is 4.48. The number of hydrogen-bond donors (Lipinski definition) is 1. The predicted molar refractivity (Wildman–Crippen MR) is 50.6 cm³/mol. The summed E-state index contributed by atoms with van der Waals surface area (Å²) in [6, 6.07) is 0.431. The van der Waals surface area contributed by atoms with Crippen molar-refractivity contribution in [2.24, 2.45) is 5.92 Å². The second kappa shape index (κ2) is 4.40. The maximum atomic E-state index is 9.14. The zero-order valence-corrected chi connectivity index (χ0v) is 8.11. The SMILES string of the molecule is OCC1CCCN1CC1CCOC1. The van der Waals surface area contributed by atoms with Gasteiger partial charge in [0.2, 0.25) is 0 Å². The molecule has 0 aromatic carbocycles. The van der Waals surface area contributed by atoms with Crippen LogP contribution < -0.4 is 0 Å². The van der Waals surface area contributed by atoms with E-state index in [4.69, 9.17) is 9.84 Å². The minimum Gasteiger partial charge on any atom is -0.395 e. The lowest BCUT2D eigenvalue weighted by Gasteiger charge is -2.25. The van der Waals surface area contributed by atoms with Crippen LogP contribution in [0.25, 0.3) is 0 Å². The van der Waals surface area contributed by atoms with Gasteiger partial charge in [-0.05, 0) is 31.7 Å². The standard InChI is InChI=1S/C10H19NO2/c12-7-10-2-1-4-11(10)6-9-3-5-13-8-9/h9-10,12H,1-8H2. The Bertz CT molecular complexity index is 157. The minimum absolute atomic E-state index is 0.327. The van der Waals surface area contributed by atoms with Crippen molar-refractivity contribution >= 4 is 0 Å². The average Bonchev–Trinajstić information content (AvgIpc) is 2.76. The molecule has 0 amide bonds. The van der Waals surface area contributed by atoms with Gasteiger partial charge in [-0.25, -0.2) is 0 Å². The zero-order valence-electron chi connectivity index (χ0n) is 8.11. The van der Waals surface area contributed by atoms with E-state index >= 15 is 0 Å². The smallest absolute Gasteiger partial charge is 0.0586 e. The van der Waals surface area contributed by atoms with Gasteiger partial charge in [-0.3, -0.25) is 4.90 Å². The maximum absolute atomic E-state index is 9.14. The van der Waals surface area contributed by atoms with E-state index < -0.39 is 0 Å². The highest BCUT2D eigenvalue weighted by molar-refractivity contribution is 4.81. The highest BCUT2D eigenvalue weighted by Crippen LogP contribution is 2.21. The molecule has 0 spiro atoms. The van der Waals surface area contributed by atoms with Crippen LogP contribution in [-0.2, 0) is 4.74 Å². The first kappa shape index (κ1) is 9.44. The third-order valence-electron chi connectivity index (χ3n) is 3.23. The van der Waals surface area contributed by atoms with E-state index in [1.807, 2.05) is 0 Å². The van der Waals surface area contributed by atoms with Gasteiger partial charge >= 0.3 is 0 Å². The van der Waals surface area contributed by atoms with Crippen LogP contribution in [0.2, 0.25) is 0 Å². The summed E-state index contributed by atoms with van der Waals surface area (Å²) < 4.78 is 5.35. The third-order valence-corrected chi connectivity index (χ3v) is 3.23. The molecule has 3 heteroatoms. The number of likely N-dealkylation sites (tertiary alicyclic amines) is 1. The summed E-state index contributed by atoms with van der Waals surface area (Å²) in [6.07, 6.45) is 3.62. The maximum Gasteiger partial charge on any atom is 0.0586 e. The van der Waals surface area contributed by atoms with Crippen molar-refractivity contribution in [2.75, 3.05) is 32.9 Å². The Morgan fingerprint density at radius 1 is 1.38 bits per heavy atom. The number of ether oxygens (including phenoxy) is 1. The first-order valence-corrected chi connectivity index (χ1v) is 5.33. The van der Waals surface area contributed by atoms with Crippen LogP contribution >= 0.6 is 0 Å². The molecule has 2 heterocycles. The molecule has 0 saturated carbocycles. The van der Waals surface area contributed by atoms with Crippen molar-refractivity contribution in [1.29, 1.82) is 0 Å². The summed E-state index contributed by atoms with van der Waals surface area (Å²) in [5.41, 5.74) is 0. The van der Waals surface area contributed by atoms with Gasteiger partial charge in [0.15, 0.2) is 0 Å². The molecule has 0 aliphatic carbocycles. The second-order valence-corrected chi connectivity index (χ2v) is 4.20. The van der Waals surface area contributed by atoms with Gasteiger partial charge in [0, 0.05) is 19.2 Å². The molecule has 2 aliphatic heterocycles. The van der Waals surface area contributed by atoms with Gasteiger partial charge in [-0.1, -0.05) is 0 Å². The summed E-state index contributed by atoms with van der Waals surface area (Å²) in [5.74, 6) is 0.715. The first-order valence-electron chi connectivity index (χ1n) is 5.33. The van der Waals surface area contributed by atoms with Crippen LogP contribution in [0.5, 0.6) is 0 Å². The number of nitrogens with zero attached hydrogens (tertiary/aromatic N) is 1. The van der Waals surface area contributed by atoms with E-state index in [2.05, 4.69) is 4.90 Å². The Labute approximate surface area is 79.7 Å². The minimum atomic E-state index is 0.327. The fraction of sp³-hybridized carbons (Fsp3) is 1.00. The quantitative estimate of drug-likeness (QED) is 0.694. The predicted octanol–water partition coefficient (Wildman–Crippen LogP) is 0.480. The third kappa shape index (κ3) is 2.22. The lowest BCUT2D eigenvalue weighted by molar-refractivity contribution is 0.130. The van der Waals surface area contributed by atoms with Gasteiger partial charge in [0.25, 0.3) is 0 Å². The fourth-order valence-electron chi connectivity index (χ4n) is 2.40. The van der Waals surface area contributed by atoms with E-state index in [1.165, 1.54) is 25.8 Å². The normalized spacial score (nSPS) is 35.8. The van der Waals surface area contributed by atoms with Gasteiger partial charge < -0.3 is 9.84 Å². The second-order valence-electron chi connectivity index (χ2n) is 4.20. The van der Waals surface area contributed by atoms with E-state index in [-0.39, 0.29) is 0 Å². The first-order chi connectivity index (χ1) is 6.40. The molecule has 76 valence electrons. The van der Waals surface area contributed by atoms with E-state index in [9.17, 15) is 0 Å². The average molecular weight is 185 g/mol. The van der Waals surface area contributed by atoms with E-state index in [1.54, 1.807) is 0 Å². The van der Waals surface area contributed by atoms with Gasteiger partial charge in [0.05, 0.1) is 13.2 Å². The van der Waals surface area contributed by atoms with E-state index in [0.717, 1.165) is 19.8 Å². The molecule has 3 nitrogen and oxygen atoms in total. The highest BCUT2D eigenvalue weighted by Gasteiger charge is 2.27. The van der Waals surface area contributed by atoms with Crippen LogP contribution in [0.15, 0.2) is 0 Å². The molecule has 0 aromatic heterocycles.